The molecule has 0 aliphatic carbocycles. The van der Waals surface area contributed by atoms with Gasteiger partial charge >= 0.3 is 39.5 Å². The lowest BCUT2D eigenvalue weighted by Gasteiger charge is -2.21. The van der Waals surface area contributed by atoms with Gasteiger partial charge in [-0.1, -0.05) is 361 Å². The molecule has 3 N–H and O–H groups in total. The quantitative estimate of drug-likeness (QED) is 0.0169. The van der Waals surface area contributed by atoms with Crippen molar-refractivity contribution in [1.29, 1.82) is 0 Å². The molecule has 17 nitrogen and oxygen atoms in total. The van der Waals surface area contributed by atoms with Crippen molar-refractivity contribution in [3.8, 4) is 0 Å². The van der Waals surface area contributed by atoms with E-state index in [1.165, 1.54) is 218 Å². The van der Waals surface area contributed by atoms with Crippen molar-refractivity contribution < 1.29 is 80.2 Å². The van der Waals surface area contributed by atoms with E-state index in [0.717, 1.165) is 115 Å². The third-order valence-electron chi connectivity index (χ3n) is 18.8. The van der Waals surface area contributed by atoms with Crippen molar-refractivity contribution >= 4 is 39.5 Å². The zero-order chi connectivity index (χ0) is 74.9. The molecule has 0 saturated carbocycles. The lowest BCUT2D eigenvalue weighted by molar-refractivity contribution is -0.161. The summed E-state index contributed by atoms with van der Waals surface area (Å²) in [5, 5.41) is 10.6. The zero-order valence-electron chi connectivity index (χ0n) is 66.4. The fourth-order valence-electron chi connectivity index (χ4n) is 12.3. The molecule has 0 bridgehead atoms. The van der Waals surface area contributed by atoms with Crippen LogP contribution >= 0.6 is 15.6 Å². The predicted octanol–water partition coefficient (Wildman–Crippen LogP) is 24.6. The average Bonchev–Trinajstić information content (AvgIpc) is 0.917. The second-order valence-corrected chi connectivity index (χ2v) is 33.0. The van der Waals surface area contributed by atoms with Crippen LogP contribution in [-0.4, -0.2) is 96.7 Å². The molecule has 0 amide bonds. The van der Waals surface area contributed by atoms with Crippen molar-refractivity contribution in [2.45, 2.75) is 432 Å². The molecule has 0 saturated heterocycles. The number of esters is 4. The maximum absolute atomic E-state index is 13.1. The number of hydrogen-bond acceptors (Lipinski definition) is 15. The summed E-state index contributed by atoms with van der Waals surface area (Å²) in [5.74, 6) is -0.518. The van der Waals surface area contributed by atoms with E-state index in [9.17, 15) is 43.2 Å². The number of aliphatic hydroxyl groups excluding tert-OH is 1. The number of ether oxygens (including phenoxy) is 4. The second-order valence-electron chi connectivity index (χ2n) is 30.1. The van der Waals surface area contributed by atoms with E-state index in [-0.39, 0.29) is 25.7 Å². The number of rotatable bonds is 80. The molecule has 102 heavy (non-hydrogen) atoms. The number of phosphoric acid groups is 2. The normalized spacial score (nSPS) is 14.0. The summed E-state index contributed by atoms with van der Waals surface area (Å²) in [7, 11) is -9.93. The van der Waals surface area contributed by atoms with Gasteiger partial charge in [0.05, 0.1) is 26.4 Å². The summed E-state index contributed by atoms with van der Waals surface area (Å²) in [6.07, 6.45) is 67.4. The van der Waals surface area contributed by atoms with E-state index >= 15 is 0 Å². The monoisotopic (exact) mass is 1490 g/mol. The van der Waals surface area contributed by atoms with Crippen LogP contribution in [-0.2, 0) is 65.4 Å². The minimum Gasteiger partial charge on any atom is -0.462 e. The van der Waals surface area contributed by atoms with Crippen LogP contribution in [0.3, 0.4) is 0 Å². The number of phosphoric ester groups is 2. The van der Waals surface area contributed by atoms with Crippen molar-refractivity contribution in [1.82, 2.24) is 0 Å². The molecule has 0 rings (SSSR count). The van der Waals surface area contributed by atoms with Crippen LogP contribution in [0.25, 0.3) is 0 Å². The summed E-state index contributed by atoms with van der Waals surface area (Å²) in [6.45, 7) is 9.62. The molecule has 0 aromatic rings. The van der Waals surface area contributed by atoms with Gasteiger partial charge in [-0.05, 0) is 63.2 Å². The molecule has 0 heterocycles. The van der Waals surface area contributed by atoms with Crippen LogP contribution in [0.1, 0.15) is 414 Å². The molecule has 0 aliphatic rings. The highest BCUT2D eigenvalue weighted by molar-refractivity contribution is 7.47. The molecule has 0 fully saturated rings. The van der Waals surface area contributed by atoms with E-state index in [4.69, 9.17) is 37.0 Å². The molecule has 5 atom stereocenters. The van der Waals surface area contributed by atoms with E-state index in [1.807, 2.05) is 0 Å². The van der Waals surface area contributed by atoms with Gasteiger partial charge in [0.25, 0.3) is 0 Å². The van der Waals surface area contributed by atoms with E-state index in [1.54, 1.807) is 0 Å². The lowest BCUT2D eigenvalue weighted by atomic mass is 10.0. The number of hydrogen-bond donors (Lipinski definition) is 3. The van der Waals surface area contributed by atoms with Gasteiger partial charge in [0.1, 0.15) is 19.3 Å². The van der Waals surface area contributed by atoms with Crippen LogP contribution in [0, 0.1) is 11.8 Å². The van der Waals surface area contributed by atoms with Gasteiger partial charge in [0.2, 0.25) is 0 Å². The van der Waals surface area contributed by atoms with E-state index < -0.39 is 97.5 Å². The van der Waals surface area contributed by atoms with Gasteiger partial charge in [-0.3, -0.25) is 37.3 Å². The van der Waals surface area contributed by atoms with Crippen LogP contribution in [0.15, 0.2) is 24.3 Å². The summed E-state index contributed by atoms with van der Waals surface area (Å²) in [5.41, 5.74) is 0. The van der Waals surface area contributed by atoms with Crippen molar-refractivity contribution in [2.24, 2.45) is 11.8 Å². The standard InChI is InChI=1S/C83H158O17P2/c1-7-9-11-13-15-17-18-19-24-32-37-43-49-55-61-67-82(87)99-78(71-93-80(85)65-59-53-47-39-16-14-12-10-8-2)73-97-101(89,90)95-69-77(84)70-96-102(91,92)98-74-79(100-83(88)68-62-56-50-44-38-33-28-23-21-26-30-35-41-46-52-58-64-76(5)6)72-94-81(86)66-60-54-48-42-36-31-27-22-20-25-29-34-40-45-51-57-63-75(3)4/h17-19,24,75-79,84H,7-16,20-23,25-74H2,1-6H3,(H,89,90)(H,91,92)/b18-17-,24-19-/t77-,78+,79+/m0/s1. The van der Waals surface area contributed by atoms with Gasteiger partial charge in [-0.15, -0.1) is 0 Å². The van der Waals surface area contributed by atoms with E-state index in [0.29, 0.717) is 25.7 Å². The van der Waals surface area contributed by atoms with Crippen molar-refractivity contribution in [3.63, 3.8) is 0 Å². The Morgan fingerprint density at radius 2 is 0.529 bits per heavy atom. The Bertz CT molecular complexity index is 2050. The Balaban J connectivity index is 5.25. The smallest absolute Gasteiger partial charge is 0.462 e. The number of carbonyl (C=O) groups excluding carboxylic acids is 4. The molecule has 0 aromatic carbocycles. The van der Waals surface area contributed by atoms with E-state index in [2.05, 4.69) is 65.8 Å². The minimum absolute atomic E-state index is 0.0852. The van der Waals surface area contributed by atoms with Crippen molar-refractivity contribution in [3.05, 3.63) is 24.3 Å². The van der Waals surface area contributed by atoms with Crippen LogP contribution in [0.5, 0.6) is 0 Å². The highest BCUT2D eigenvalue weighted by Gasteiger charge is 2.30. The molecule has 602 valence electrons. The first-order chi connectivity index (χ1) is 49.4. The maximum atomic E-state index is 13.1. The largest absolute Gasteiger partial charge is 0.472 e. The maximum Gasteiger partial charge on any atom is 0.472 e. The molecule has 19 heteroatoms. The molecule has 0 aliphatic heterocycles. The average molecular weight is 1490 g/mol. The highest BCUT2D eigenvalue weighted by atomic mass is 31.2. The second kappa shape index (κ2) is 74.0. The van der Waals surface area contributed by atoms with Gasteiger partial charge in [0, 0.05) is 25.7 Å². The molecule has 0 spiro atoms. The zero-order valence-corrected chi connectivity index (χ0v) is 68.2. The van der Waals surface area contributed by atoms with Gasteiger partial charge < -0.3 is 33.8 Å². The summed E-state index contributed by atoms with van der Waals surface area (Å²) < 4.78 is 68.7. The number of allylic oxidation sites excluding steroid dienone is 4. The van der Waals surface area contributed by atoms with Crippen molar-refractivity contribution in [2.75, 3.05) is 39.6 Å². The molecule has 0 aromatic heterocycles. The Kier molecular flexibility index (Phi) is 72.2. The first kappa shape index (κ1) is 99.5. The predicted molar refractivity (Wildman–Crippen MR) is 418 cm³/mol. The van der Waals surface area contributed by atoms with Crippen LogP contribution < -0.4 is 0 Å². The number of aliphatic hydroxyl groups is 1. The lowest BCUT2D eigenvalue weighted by Crippen LogP contribution is -2.30. The fraction of sp³-hybridized carbons (Fsp3) is 0.904. The molecular formula is C83H158O17P2. The molecule has 2 unspecified atom stereocenters. The first-order valence-corrected chi connectivity index (χ1v) is 45.3. The number of carbonyl (C=O) groups is 4. The fourth-order valence-corrected chi connectivity index (χ4v) is 13.9. The van der Waals surface area contributed by atoms with Gasteiger partial charge in [0.15, 0.2) is 12.2 Å². The highest BCUT2D eigenvalue weighted by Crippen LogP contribution is 2.45. The molecule has 0 radical (unpaired) electrons. The van der Waals surface area contributed by atoms with Gasteiger partial charge in [-0.2, -0.15) is 0 Å². The first-order valence-electron chi connectivity index (χ1n) is 42.3. The third-order valence-corrected chi connectivity index (χ3v) is 20.7. The number of unbranched alkanes of at least 4 members (excludes halogenated alkanes) is 47. The summed E-state index contributed by atoms with van der Waals surface area (Å²) in [4.78, 5) is 73.0. The summed E-state index contributed by atoms with van der Waals surface area (Å²) in [6, 6.07) is 0. The minimum atomic E-state index is -4.97. The third kappa shape index (κ3) is 75.8. The van der Waals surface area contributed by atoms with Crippen LogP contribution in [0.2, 0.25) is 0 Å². The Morgan fingerprint density at radius 1 is 0.304 bits per heavy atom. The Morgan fingerprint density at radius 3 is 0.804 bits per heavy atom. The molecular weight excluding hydrogens is 1330 g/mol. The Labute approximate surface area is 624 Å². The van der Waals surface area contributed by atoms with Crippen LogP contribution in [0.4, 0.5) is 0 Å². The summed E-state index contributed by atoms with van der Waals surface area (Å²) >= 11 is 0. The topological polar surface area (TPSA) is 237 Å². The SMILES string of the molecule is CCCCCC/C=C\C=C/CCCCCCCC(=O)O[C@H](COC(=O)CCCCCCCCCCC)COP(=O)(O)OC[C@H](O)COP(=O)(O)OC[C@@H](COC(=O)CCCCCCCCCCCCCCCCCCC(C)C)OC(=O)CCCCCCCCCCCCCCCCCCC(C)C. The Hall–Kier alpha value is -2.46. The van der Waals surface area contributed by atoms with Gasteiger partial charge in [-0.25, -0.2) is 9.13 Å².